The average molecular weight is 431 g/mol. The lowest BCUT2D eigenvalue weighted by Gasteiger charge is -2.05. The van der Waals surface area contributed by atoms with Crippen LogP contribution in [0.5, 0.6) is 11.5 Å². The van der Waals surface area contributed by atoms with Crippen LogP contribution in [-0.4, -0.2) is 36.9 Å². The number of rotatable bonds is 6. The van der Waals surface area contributed by atoms with Gasteiger partial charge in [0.1, 0.15) is 5.00 Å². The predicted octanol–water partition coefficient (Wildman–Crippen LogP) is 3.07. The molecule has 10 heteroatoms. The monoisotopic (exact) mass is 431 g/mol. The van der Waals surface area contributed by atoms with Gasteiger partial charge in [-0.25, -0.2) is 10.2 Å². The fraction of sp³-hybridized carbons (Fsp3) is 0.300. The SMILES string of the molecule is CCOC(=O)c1c(NC(C)=O)sc(/C(C)=N/NC(=O)c2ccc3c(c2)OCO3)c1C. The smallest absolute Gasteiger partial charge is 0.341 e. The van der Waals surface area contributed by atoms with E-state index < -0.39 is 11.9 Å². The molecule has 0 saturated carbocycles. The minimum atomic E-state index is -0.529. The molecule has 2 heterocycles. The largest absolute Gasteiger partial charge is 0.462 e. The first kappa shape index (κ1) is 21.3. The number of nitrogens with one attached hydrogen (secondary N) is 2. The van der Waals surface area contributed by atoms with Crippen molar-refractivity contribution in [1.29, 1.82) is 0 Å². The van der Waals surface area contributed by atoms with Crippen LogP contribution in [0.4, 0.5) is 5.00 Å². The zero-order chi connectivity index (χ0) is 21.8. The lowest BCUT2D eigenvalue weighted by molar-refractivity contribution is -0.114. The number of fused-ring (bicyclic) bond motifs is 1. The summed E-state index contributed by atoms with van der Waals surface area (Å²) >= 11 is 1.19. The summed E-state index contributed by atoms with van der Waals surface area (Å²) in [5, 5.41) is 7.19. The normalized spacial score (nSPS) is 12.5. The summed E-state index contributed by atoms with van der Waals surface area (Å²) in [6, 6.07) is 4.84. The van der Waals surface area contributed by atoms with Gasteiger partial charge in [0, 0.05) is 12.5 Å². The molecule has 0 fully saturated rings. The van der Waals surface area contributed by atoms with Crippen molar-refractivity contribution in [3.63, 3.8) is 0 Å². The number of hydrogen-bond donors (Lipinski definition) is 2. The molecule has 1 aromatic heterocycles. The van der Waals surface area contributed by atoms with Crippen LogP contribution in [-0.2, 0) is 9.53 Å². The Kier molecular flexibility index (Phi) is 6.36. The Morgan fingerprint density at radius 2 is 1.93 bits per heavy atom. The van der Waals surface area contributed by atoms with Gasteiger partial charge in [-0.3, -0.25) is 9.59 Å². The molecule has 0 bridgehead atoms. The third-order valence-electron chi connectivity index (χ3n) is 4.20. The van der Waals surface area contributed by atoms with E-state index in [1.165, 1.54) is 18.3 Å². The maximum Gasteiger partial charge on any atom is 0.341 e. The molecule has 0 aliphatic carbocycles. The molecule has 0 radical (unpaired) electrons. The van der Waals surface area contributed by atoms with Crippen LogP contribution in [0.2, 0.25) is 0 Å². The fourth-order valence-corrected chi connectivity index (χ4v) is 4.03. The van der Waals surface area contributed by atoms with Gasteiger partial charge in [-0.15, -0.1) is 11.3 Å². The molecule has 0 saturated heterocycles. The van der Waals surface area contributed by atoms with Crippen molar-refractivity contribution in [2.45, 2.75) is 27.7 Å². The van der Waals surface area contributed by atoms with Crippen molar-refractivity contribution >= 4 is 39.8 Å². The van der Waals surface area contributed by atoms with Crippen LogP contribution < -0.4 is 20.2 Å². The summed E-state index contributed by atoms with van der Waals surface area (Å²) in [5.74, 6) is -0.180. The number of ether oxygens (including phenoxy) is 3. The summed E-state index contributed by atoms with van der Waals surface area (Å²) in [6.07, 6.45) is 0. The number of anilines is 1. The average Bonchev–Trinajstić information content (AvgIpc) is 3.29. The minimum Gasteiger partial charge on any atom is -0.462 e. The van der Waals surface area contributed by atoms with Crippen LogP contribution in [0.25, 0.3) is 0 Å². The van der Waals surface area contributed by atoms with Crippen molar-refractivity contribution in [3.05, 3.63) is 39.8 Å². The molecule has 2 amide bonds. The van der Waals surface area contributed by atoms with Crippen molar-refractivity contribution in [2.24, 2.45) is 5.10 Å². The number of esters is 1. The highest BCUT2D eigenvalue weighted by atomic mass is 32.1. The maximum absolute atomic E-state index is 12.4. The molecule has 0 spiro atoms. The van der Waals surface area contributed by atoms with Crippen molar-refractivity contribution < 1.29 is 28.6 Å². The van der Waals surface area contributed by atoms with Crippen LogP contribution in [0.3, 0.4) is 0 Å². The highest BCUT2D eigenvalue weighted by Gasteiger charge is 2.24. The van der Waals surface area contributed by atoms with E-state index in [1.807, 2.05) is 0 Å². The van der Waals surface area contributed by atoms with Gasteiger partial charge >= 0.3 is 5.97 Å². The maximum atomic E-state index is 12.4. The van der Waals surface area contributed by atoms with Crippen LogP contribution in [0, 0.1) is 6.92 Å². The molecule has 158 valence electrons. The van der Waals surface area contributed by atoms with Gasteiger partial charge in [-0.2, -0.15) is 5.10 Å². The number of carbonyl (C=O) groups is 3. The number of thiophene rings is 1. The number of hydrogen-bond acceptors (Lipinski definition) is 8. The number of nitrogens with zero attached hydrogens (tertiary/aromatic N) is 1. The molecule has 0 unspecified atom stereocenters. The first-order valence-electron chi connectivity index (χ1n) is 9.14. The van der Waals surface area contributed by atoms with E-state index in [0.29, 0.717) is 38.2 Å². The second-order valence-electron chi connectivity index (χ2n) is 6.37. The Morgan fingerprint density at radius 3 is 2.63 bits per heavy atom. The van der Waals surface area contributed by atoms with Gasteiger partial charge in [0.05, 0.1) is 22.8 Å². The second kappa shape index (κ2) is 8.95. The molecule has 1 aromatic carbocycles. The van der Waals surface area contributed by atoms with Crippen LogP contribution in [0.1, 0.15) is 51.9 Å². The number of hydrazone groups is 1. The Morgan fingerprint density at radius 1 is 1.20 bits per heavy atom. The zero-order valence-electron chi connectivity index (χ0n) is 17.0. The second-order valence-corrected chi connectivity index (χ2v) is 7.39. The zero-order valence-corrected chi connectivity index (χ0v) is 17.8. The van der Waals surface area contributed by atoms with E-state index in [2.05, 4.69) is 15.8 Å². The number of carbonyl (C=O) groups excluding carboxylic acids is 3. The first-order chi connectivity index (χ1) is 14.3. The summed E-state index contributed by atoms with van der Waals surface area (Å²) < 4.78 is 15.6. The number of benzene rings is 1. The highest BCUT2D eigenvalue weighted by Crippen LogP contribution is 2.34. The van der Waals surface area contributed by atoms with E-state index in [4.69, 9.17) is 14.2 Å². The number of amides is 2. The van der Waals surface area contributed by atoms with Gasteiger partial charge in [-0.05, 0) is 44.5 Å². The lowest BCUT2D eigenvalue weighted by atomic mass is 10.1. The van der Waals surface area contributed by atoms with Gasteiger partial charge in [-0.1, -0.05) is 0 Å². The minimum absolute atomic E-state index is 0.120. The van der Waals surface area contributed by atoms with Gasteiger partial charge < -0.3 is 19.5 Å². The molecule has 0 atom stereocenters. The predicted molar refractivity (Wildman–Crippen MR) is 112 cm³/mol. The van der Waals surface area contributed by atoms with Gasteiger partial charge in [0.15, 0.2) is 11.5 Å². The molecule has 1 aliphatic heterocycles. The Labute approximate surface area is 177 Å². The molecule has 30 heavy (non-hydrogen) atoms. The quantitative estimate of drug-likeness (QED) is 0.413. The Bertz CT molecular complexity index is 1040. The van der Waals surface area contributed by atoms with Gasteiger partial charge in [0.2, 0.25) is 12.7 Å². The van der Waals surface area contributed by atoms with Crippen molar-refractivity contribution in [3.8, 4) is 11.5 Å². The van der Waals surface area contributed by atoms with Crippen LogP contribution >= 0.6 is 11.3 Å². The molecule has 1 aliphatic rings. The summed E-state index contributed by atoms with van der Waals surface area (Å²) in [4.78, 5) is 37.0. The van der Waals surface area contributed by atoms with E-state index in [9.17, 15) is 14.4 Å². The van der Waals surface area contributed by atoms with E-state index in [0.717, 1.165) is 0 Å². The van der Waals surface area contributed by atoms with Gasteiger partial charge in [0.25, 0.3) is 5.91 Å². The fourth-order valence-electron chi connectivity index (χ4n) is 2.84. The third-order valence-corrected chi connectivity index (χ3v) is 5.52. The Balaban J connectivity index is 1.83. The highest BCUT2D eigenvalue weighted by molar-refractivity contribution is 7.18. The molecular formula is C20H21N3O6S. The first-order valence-corrected chi connectivity index (χ1v) is 9.96. The molecule has 3 rings (SSSR count). The van der Waals surface area contributed by atoms with E-state index >= 15 is 0 Å². The third kappa shape index (κ3) is 4.43. The van der Waals surface area contributed by atoms with E-state index in [1.54, 1.807) is 39.0 Å². The van der Waals surface area contributed by atoms with Crippen molar-refractivity contribution in [2.75, 3.05) is 18.7 Å². The molecular weight excluding hydrogens is 410 g/mol. The molecule has 9 nitrogen and oxygen atoms in total. The summed E-state index contributed by atoms with van der Waals surface area (Å²) in [6.45, 7) is 6.83. The van der Waals surface area contributed by atoms with Crippen molar-refractivity contribution in [1.82, 2.24) is 5.43 Å². The summed E-state index contributed by atoms with van der Waals surface area (Å²) in [5.41, 5.74) is 4.23. The lowest BCUT2D eigenvalue weighted by Crippen LogP contribution is -2.19. The van der Waals surface area contributed by atoms with Crippen LogP contribution in [0.15, 0.2) is 23.3 Å². The molecule has 2 aromatic rings. The van der Waals surface area contributed by atoms with E-state index in [-0.39, 0.29) is 24.9 Å². The topological polar surface area (TPSA) is 115 Å². The molecule has 2 N–H and O–H groups in total. The summed E-state index contributed by atoms with van der Waals surface area (Å²) in [7, 11) is 0. The standard InChI is InChI=1S/C20H21N3O6S/c1-5-27-20(26)16-10(2)17(30-19(16)21-12(4)24)11(3)22-23-18(25)13-6-7-14-15(8-13)29-9-28-14/h6-8H,5,9H2,1-4H3,(H,21,24)(H,23,25)/b22-11+. The Hall–Kier alpha value is -3.40.